The molecule has 0 saturated heterocycles. The molecule has 0 unspecified atom stereocenters. The number of rotatable bonds is 6. The number of hydrogen-bond acceptors (Lipinski definition) is 5. The number of carbonyl (C=O) groups is 1. The van der Waals surface area contributed by atoms with Crippen LogP contribution in [-0.2, 0) is 11.4 Å². The second-order valence-corrected chi connectivity index (χ2v) is 4.22. The van der Waals surface area contributed by atoms with Gasteiger partial charge in [-0.3, -0.25) is 9.59 Å². The molecule has 6 heteroatoms. The van der Waals surface area contributed by atoms with Gasteiger partial charge in [0.25, 0.3) is 5.91 Å². The van der Waals surface area contributed by atoms with Crippen LogP contribution in [0.2, 0.25) is 0 Å². The van der Waals surface area contributed by atoms with E-state index in [2.05, 4.69) is 5.32 Å². The molecule has 1 rings (SSSR count). The summed E-state index contributed by atoms with van der Waals surface area (Å²) in [5.74, 6) is 0.153. The van der Waals surface area contributed by atoms with E-state index in [0.29, 0.717) is 12.5 Å². The Morgan fingerprint density at radius 2 is 2.28 bits per heavy atom. The van der Waals surface area contributed by atoms with Crippen LogP contribution in [-0.4, -0.2) is 24.2 Å². The highest BCUT2D eigenvalue weighted by Gasteiger charge is 2.07. The quantitative estimate of drug-likeness (QED) is 0.762. The molecular weight excluding hydrogens is 238 g/mol. The van der Waals surface area contributed by atoms with Crippen molar-refractivity contribution < 1.29 is 19.1 Å². The van der Waals surface area contributed by atoms with E-state index in [1.165, 1.54) is 0 Å². The van der Waals surface area contributed by atoms with E-state index in [0.717, 1.165) is 12.3 Å². The molecule has 0 aromatic carbocycles. The van der Waals surface area contributed by atoms with Gasteiger partial charge < -0.3 is 19.6 Å². The summed E-state index contributed by atoms with van der Waals surface area (Å²) in [5.41, 5.74) is -0.429. The van der Waals surface area contributed by atoms with Crippen LogP contribution in [0, 0.1) is 5.92 Å². The molecule has 18 heavy (non-hydrogen) atoms. The topological polar surface area (TPSA) is 88.8 Å². The van der Waals surface area contributed by atoms with Crippen LogP contribution in [0.1, 0.15) is 19.6 Å². The highest BCUT2D eigenvalue weighted by molar-refractivity contribution is 5.77. The zero-order valence-electron chi connectivity index (χ0n) is 10.4. The Balaban J connectivity index is 2.48. The van der Waals surface area contributed by atoms with Crippen molar-refractivity contribution in [2.45, 2.75) is 20.5 Å². The van der Waals surface area contributed by atoms with Crippen molar-refractivity contribution in [1.29, 1.82) is 0 Å². The lowest BCUT2D eigenvalue weighted by molar-refractivity contribution is -0.123. The van der Waals surface area contributed by atoms with Crippen molar-refractivity contribution in [2.24, 2.45) is 5.92 Å². The SMILES string of the molecule is CC(C)CNC(=O)COc1coc(CO)cc1=O. The third-order valence-electron chi connectivity index (χ3n) is 2.07. The Kier molecular flexibility index (Phi) is 5.38. The minimum absolute atomic E-state index is 0.0492. The Morgan fingerprint density at radius 1 is 1.56 bits per heavy atom. The molecule has 0 saturated carbocycles. The molecule has 0 radical (unpaired) electrons. The summed E-state index contributed by atoms with van der Waals surface area (Å²) in [7, 11) is 0. The molecule has 0 aliphatic heterocycles. The van der Waals surface area contributed by atoms with E-state index in [1.807, 2.05) is 13.8 Å². The highest BCUT2D eigenvalue weighted by atomic mass is 16.5. The monoisotopic (exact) mass is 255 g/mol. The second kappa shape index (κ2) is 6.80. The molecular formula is C12H17NO5. The zero-order chi connectivity index (χ0) is 13.5. The Hall–Kier alpha value is -1.82. The predicted octanol–water partition coefficient (Wildman–Crippen LogP) is 0.283. The van der Waals surface area contributed by atoms with Gasteiger partial charge in [-0.1, -0.05) is 13.8 Å². The van der Waals surface area contributed by atoms with Gasteiger partial charge >= 0.3 is 0 Å². The van der Waals surface area contributed by atoms with Gasteiger partial charge in [-0.15, -0.1) is 0 Å². The van der Waals surface area contributed by atoms with E-state index in [9.17, 15) is 9.59 Å². The second-order valence-electron chi connectivity index (χ2n) is 4.22. The third kappa shape index (κ3) is 4.58. The smallest absolute Gasteiger partial charge is 0.257 e. The first-order valence-electron chi connectivity index (χ1n) is 5.65. The number of carbonyl (C=O) groups excluding carboxylic acids is 1. The van der Waals surface area contributed by atoms with Crippen molar-refractivity contribution in [3.05, 3.63) is 28.3 Å². The van der Waals surface area contributed by atoms with Crippen molar-refractivity contribution >= 4 is 5.91 Å². The van der Waals surface area contributed by atoms with Gasteiger partial charge in [-0.25, -0.2) is 0 Å². The lowest BCUT2D eigenvalue weighted by Crippen LogP contribution is -2.32. The van der Waals surface area contributed by atoms with E-state index < -0.39 is 5.43 Å². The maximum Gasteiger partial charge on any atom is 0.257 e. The first-order valence-corrected chi connectivity index (χ1v) is 5.65. The first kappa shape index (κ1) is 14.2. The number of ether oxygens (including phenoxy) is 1. The molecule has 0 spiro atoms. The molecule has 0 atom stereocenters. The average molecular weight is 255 g/mol. The summed E-state index contributed by atoms with van der Waals surface area (Å²) in [6, 6.07) is 1.13. The molecule has 100 valence electrons. The van der Waals surface area contributed by atoms with Crippen LogP contribution >= 0.6 is 0 Å². The van der Waals surface area contributed by atoms with Gasteiger partial charge in [-0.05, 0) is 5.92 Å². The molecule has 0 fully saturated rings. The zero-order valence-corrected chi connectivity index (χ0v) is 10.4. The van der Waals surface area contributed by atoms with Gasteiger partial charge in [0.2, 0.25) is 11.2 Å². The summed E-state index contributed by atoms with van der Waals surface area (Å²) in [6.45, 7) is 3.91. The van der Waals surface area contributed by atoms with Crippen LogP contribution in [0.3, 0.4) is 0 Å². The minimum Gasteiger partial charge on any atom is -0.477 e. The average Bonchev–Trinajstić information content (AvgIpc) is 2.34. The number of amides is 1. The van der Waals surface area contributed by atoms with Crippen LogP contribution in [0.5, 0.6) is 5.75 Å². The molecule has 1 heterocycles. The fourth-order valence-electron chi connectivity index (χ4n) is 1.14. The maximum atomic E-state index is 11.4. The molecule has 2 N–H and O–H groups in total. The van der Waals surface area contributed by atoms with Gasteiger partial charge in [-0.2, -0.15) is 0 Å². The molecule has 1 aromatic heterocycles. The van der Waals surface area contributed by atoms with Crippen molar-refractivity contribution in [2.75, 3.05) is 13.2 Å². The van der Waals surface area contributed by atoms with Crippen LogP contribution in [0.4, 0.5) is 0 Å². The summed E-state index contributed by atoms with van der Waals surface area (Å²) in [4.78, 5) is 22.8. The number of aliphatic hydroxyl groups is 1. The van der Waals surface area contributed by atoms with E-state index in [1.54, 1.807) is 0 Å². The van der Waals surface area contributed by atoms with E-state index >= 15 is 0 Å². The summed E-state index contributed by atoms with van der Waals surface area (Å²) < 4.78 is 9.94. The first-order chi connectivity index (χ1) is 8.52. The van der Waals surface area contributed by atoms with E-state index in [4.69, 9.17) is 14.3 Å². The molecule has 1 amide bonds. The molecule has 0 aliphatic carbocycles. The van der Waals surface area contributed by atoms with E-state index in [-0.39, 0.29) is 30.6 Å². The van der Waals surface area contributed by atoms with Crippen LogP contribution in [0.25, 0.3) is 0 Å². The number of hydrogen-bond donors (Lipinski definition) is 2. The normalized spacial score (nSPS) is 10.4. The summed E-state index contributed by atoms with van der Waals surface area (Å²) in [6.07, 6.45) is 1.09. The molecule has 1 aromatic rings. The fourth-order valence-corrected chi connectivity index (χ4v) is 1.14. The largest absolute Gasteiger partial charge is 0.477 e. The Labute approximate surface area is 105 Å². The van der Waals surface area contributed by atoms with Crippen molar-refractivity contribution in [1.82, 2.24) is 5.32 Å². The van der Waals surface area contributed by atoms with Gasteiger partial charge in [0.1, 0.15) is 18.6 Å². The van der Waals surface area contributed by atoms with Gasteiger partial charge in [0.05, 0.1) is 0 Å². The third-order valence-corrected chi connectivity index (χ3v) is 2.07. The minimum atomic E-state index is -0.429. The fraction of sp³-hybridized carbons (Fsp3) is 0.500. The molecule has 6 nitrogen and oxygen atoms in total. The highest BCUT2D eigenvalue weighted by Crippen LogP contribution is 2.05. The predicted molar refractivity (Wildman–Crippen MR) is 64.2 cm³/mol. The Bertz CT molecular complexity index is 452. The van der Waals surface area contributed by atoms with Crippen molar-refractivity contribution in [3.63, 3.8) is 0 Å². The van der Waals surface area contributed by atoms with Crippen LogP contribution < -0.4 is 15.5 Å². The van der Waals surface area contributed by atoms with Gasteiger partial charge in [0, 0.05) is 12.6 Å². The summed E-state index contributed by atoms with van der Waals surface area (Å²) >= 11 is 0. The number of aliphatic hydroxyl groups excluding tert-OH is 1. The van der Waals surface area contributed by atoms with Gasteiger partial charge in [0.15, 0.2) is 6.61 Å². The maximum absolute atomic E-state index is 11.4. The molecule has 0 aliphatic rings. The standard InChI is InChI=1S/C12H17NO5/c1-8(2)4-13-12(16)7-18-11-6-17-9(5-14)3-10(11)15/h3,6,8,14H,4-5,7H2,1-2H3,(H,13,16). The Morgan fingerprint density at radius 3 is 2.83 bits per heavy atom. The molecule has 0 bridgehead atoms. The summed E-state index contributed by atoms with van der Waals surface area (Å²) in [5, 5.41) is 11.4. The number of nitrogens with one attached hydrogen (secondary N) is 1. The lowest BCUT2D eigenvalue weighted by Gasteiger charge is -2.08. The van der Waals surface area contributed by atoms with Crippen molar-refractivity contribution in [3.8, 4) is 5.75 Å². The van der Waals surface area contributed by atoms with Crippen LogP contribution in [0.15, 0.2) is 21.5 Å². The lowest BCUT2D eigenvalue weighted by atomic mass is 10.2.